The molecule has 100 valence electrons. The van der Waals surface area contributed by atoms with Crippen LogP contribution in [-0.4, -0.2) is 4.98 Å². The fourth-order valence-corrected chi connectivity index (χ4v) is 1.39. The van der Waals surface area contributed by atoms with Gasteiger partial charge >= 0.3 is 0 Å². The molecule has 0 saturated heterocycles. The van der Waals surface area contributed by atoms with E-state index in [4.69, 9.17) is 5.73 Å². The van der Waals surface area contributed by atoms with E-state index in [0.29, 0.717) is 0 Å². The number of nitrogens with one attached hydrogen (secondary N) is 1. The molecule has 0 aliphatic rings. The van der Waals surface area contributed by atoms with Gasteiger partial charge in [-0.3, -0.25) is 0 Å². The van der Waals surface area contributed by atoms with E-state index in [2.05, 4.69) is 10.3 Å². The topological polar surface area (TPSA) is 50.9 Å². The minimum absolute atomic E-state index is 0.0221. The van der Waals surface area contributed by atoms with Crippen LogP contribution in [0.2, 0.25) is 0 Å². The highest BCUT2D eigenvalue weighted by Gasteiger charge is 2.25. The van der Waals surface area contributed by atoms with Crippen molar-refractivity contribution in [3.05, 3.63) is 47.4 Å². The second-order valence-electron chi connectivity index (χ2n) is 3.54. The quantitative estimate of drug-likeness (QED) is 0.503. The summed E-state index contributed by atoms with van der Waals surface area (Å²) in [6.45, 7) is 0. The Morgan fingerprint density at radius 2 is 1.42 bits per heavy atom. The van der Waals surface area contributed by atoms with Crippen LogP contribution in [0.15, 0.2) is 18.3 Å². The summed E-state index contributed by atoms with van der Waals surface area (Å²) in [5.74, 6) is -10.1. The molecule has 0 amide bonds. The molecule has 0 saturated carbocycles. The van der Waals surface area contributed by atoms with E-state index in [1.807, 2.05) is 0 Å². The summed E-state index contributed by atoms with van der Waals surface area (Å²) in [5, 5.41) is 2.07. The lowest BCUT2D eigenvalue weighted by Gasteiger charge is -2.10. The molecule has 0 fully saturated rings. The Balaban J connectivity index is 2.52. The van der Waals surface area contributed by atoms with Crippen molar-refractivity contribution in [3.8, 4) is 0 Å². The first-order chi connectivity index (χ1) is 8.91. The number of nitrogens with zero attached hydrogens (tertiary/aromatic N) is 1. The molecular formula is C11H6F5N3. The zero-order valence-electron chi connectivity index (χ0n) is 9.15. The molecule has 1 heterocycles. The van der Waals surface area contributed by atoms with E-state index >= 15 is 0 Å². The average Bonchev–Trinajstić information content (AvgIpc) is 2.39. The number of nitrogens with two attached hydrogens (primary N) is 1. The predicted molar refractivity (Wildman–Crippen MR) is 58.2 cm³/mol. The van der Waals surface area contributed by atoms with Crippen molar-refractivity contribution in [2.75, 3.05) is 11.1 Å². The van der Waals surface area contributed by atoms with Crippen LogP contribution in [0.3, 0.4) is 0 Å². The monoisotopic (exact) mass is 275 g/mol. The minimum Gasteiger partial charge on any atom is -0.384 e. The lowest BCUT2D eigenvalue weighted by molar-refractivity contribution is 0.382. The molecule has 0 aliphatic heterocycles. The Bertz CT molecular complexity index is 615. The van der Waals surface area contributed by atoms with Gasteiger partial charge in [0.1, 0.15) is 11.5 Å². The third-order valence-electron chi connectivity index (χ3n) is 2.26. The number of aromatic nitrogens is 1. The summed E-state index contributed by atoms with van der Waals surface area (Å²) in [5.41, 5.74) is 4.21. The Hall–Kier alpha value is -2.38. The third-order valence-corrected chi connectivity index (χ3v) is 2.26. The summed E-state index contributed by atoms with van der Waals surface area (Å²) in [4.78, 5) is 3.62. The maximum absolute atomic E-state index is 13.4. The Morgan fingerprint density at radius 1 is 0.895 bits per heavy atom. The fourth-order valence-electron chi connectivity index (χ4n) is 1.39. The molecule has 1 aromatic heterocycles. The molecule has 0 aliphatic carbocycles. The van der Waals surface area contributed by atoms with E-state index in [1.54, 1.807) is 0 Å². The molecule has 3 N–H and O–H groups in total. The number of anilines is 3. The van der Waals surface area contributed by atoms with E-state index in [-0.39, 0.29) is 11.5 Å². The average molecular weight is 275 g/mol. The SMILES string of the molecule is Nc1cc(Nc2c(F)c(F)c(F)c(F)c2F)ccn1. The number of pyridine rings is 1. The van der Waals surface area contributed by atoms with Gasteiger partial charge in [0.25, 0.3) is 0 Å². The Labute approximate surface area is 103 Å². The van der Waals surface area contributed by atoms with E-state index < -0.39 is 34.8 Å². The first-order valence-electron chi connectivity index (χ1n) is 4.91. The van der Waals surface area contributed by atoms with Gasteiger partial charge in [0.15, 0.2) is 23.3 Å². The standard InChI is InChI=1S/C11H6F5N3/c12-6-7(13)9(15)11(10(16)8(6)14)19-4-1-2-18-5(17)3-4/h1-3H,(H3,17,18,19). The maximum atomic E-state index is 13.4. The number of benzene rings is 1. The van der Waals surface area contributed by atoms with Crippen LogP contribution >= 0.6 is 0 Å². The third kappa shape index (κ3) is 2.28. The van der Waals surface area contributed by atoms with E-state index in [9.17, 15) is 22.0 Å². The number of halogens is 5. The predicted octanol–water partition coefficient (Wildman–Crippen LogP) is 3.10. The normalized spacial score (nSPS) is 10.6. The summed E-state index contributed by atoms with van der Waals surface area (Å²) in [6, 6.07) is 2.44. The van der Waals surface area contributed by atoms with Crippen molar-refractivity contribution >= 4 is 17.2 Å². The van der Waals surface area contributed by atoms with Crippen LogP contribution < -0.4 is 11.1 Å². The molecule has 0 bridgehead atoms. The smallest absolute Gasteiger partial charge is 0.200 e. The van der Waals surface area contributed by atoms with Gasteiger partial charge in [-0.1, -0.05) is 0 Å². The second-order valence-corrected chi connectivity index (χ2v) is 3.54. The van der Waals surface area contributed by atoms with Gasteiger partial charge in [-0.05, 0) is 6.07 Å². The molecular weight excluding hydrogens is 269 g/mol. The van der Waals surface area contributed by atoms with Gasteiger partial charge in [-0.2, -0.15) is 0 Å². The number of hydrogen-bond donors (Lipinski definition) is 2. The number of hydrogen-bond acceptors (Lipinski definition) is 3. The van der Waals surface area contributed by atoms with Crippen molar-refractivity contribution in [1.29, 1.82) is 0 Å². The summed E-state index contributed by atoms with van der Waals surface area (Å²) >= 11 is 0. The molecule has 1 aromatic carbocycles. The van der Waals surface area contributed by atoms with E-state index in [0.717, 1.165) is 0 Å². The van der Waals surface area contributed by atoms with Crippen molar-refractivity contribution in [1.82, 2.24) is 4.98 Å². The van der Waals surface area contributed by atoms with Gasteiger partial charge in [0, 0.05) is 18.0 Å². The second kappa shape index (κ2) is 4.71. The van der Waals surface area contributed by atoms with Gasteiger partial charge in [0.05, 0.1) is 0 Å². The summed E-state index contributed by atoms with van der Waals surface area (Å²) < 4.78 is 65.4. The van der Waals surface area contributed by atoms with Crippen molar-refractivity contribution in [2.45, 2.75) is 0 Å². The number of rotatable bonds is 2. The fraction of sp³-hybridized carbons (Fsp3) is 0. The first kappa shape index (κ1) is 13.1. The molecule has 0 spiro atoms. The summed E-state index contributed by atoms with van der Waals surface area (Å²) in [7, 11) is 0. The van der Waals surface area contributed by atoms with E-state index in [1.165, 1.54) is 18.3 Å². The number of nitrogen functional groups attached to an aromatic ring is 1. The molecule has 0 unspecified atom stereocenters. The summed E-state index contributed by atoms with van der Waals surface area (Å²) in [6.07, 6.45) is 1.21. The lowest BCUT2D eigenvalue weighted by atomic mass is 10.2. The highest BCUT2D eigenvalue weighted by Crippen LogP contribution is 2.29. The van der Waals surface area contributed by atoms with Crippen LogP contribution in [0.5, 0.6) is 0 Å². The Kier molecular flexibility index (Phi) is 3.24. The van der Waals surface area contributed by atoms with Gasteiger partial charge < -0.3 is 11.1 Å². The largest absolute Gasteiger partial charge is 0.384 e. The van der Waals surface area contributed by atoms with Crippen LogP contribution in [0, 0.1) is 29.1 Å². The van der Waals surface area contributed by atoms with Crippen LogP contribution in [-0.2, 0) is 0 Å². The van der Waals surface area contributed by atoms with Crippen molar-refractivity contribution in [2.24, 2.45) is 0 Å². The van der Waals surface area contributed by atoms with Crippen molar-refractivity contribution < 1.29 is 22.0 Å². The van der Waals surface area contributed by atoms with Crippen LogP contribution in [0.25, 0.3) is 0 Å². The lowest BCUT2D eigenvalue weighted by Crippen LogP contribution is -2.07. The zero-order chi connectivity index (χ0) is 14.2. The molecule has 8 heteroatoms. The first-order valence-corrected chi connectivity index (χ1v) is 4.91. The zero-order valence-corrected chi connectivity index (χ0v) is 9.15. The van der Waals surface area contributed by atoms with Crippen LogP contribution in [0.1, 0.15) is 0 Å². The molecule has 0 radical (unpaired) electrons. The molecule has 0 atom stereocenters. The van der Waals surface area contributed by atoms with Gasteiger partial charge in [0.2, 0.25) is 5.82 Å². The Morgan fingerprint density at radius 3 is 1.95 bits per heavy atom. The molecule has 2 aromatic rings. The molecule has 2 rings (SSSR count). The highest BCUT2D eigenvalue weighted by molar-refractivity contribution is 5.63. The van der Waals surface area contributed by atoms with Crippen LogP contribution in [0.4, 0.5) is 39.1 Å². The maximum Gasteiger partial charge on any atom is 0.200 e. The van der Waals surface area contributed by atoms with Crippen molar-refractivity contribution in [3.63, 3.8) is 0 Å². The molecule has 3 nitrogen and oxygen atoms in total. The van der Waals surface area contributed by atoms with Gasteiger partial charge in [-0.25, -0.2) is 26.9 Å². The molecule has 19 heavy (non-hydrogen) atoms. The highest BCUT2D eigenvalue weighted by atomic mass is 19.2. The minimum atomic E-state index is -2.21. The van der Waals surface area contributed by atoms with Gasteiger partial charge in [-0.15, -0.1) is 0 Å².